The van der Waals surface area contributed by atoms with Gasteiger partial charge in [-0.25, -0.2) is 4.98 Å². The second-order valence-corrected chi connectivity index (χ2v) is 4.92. The molecule has 0 bridgehead atoms. The van der Waals surface area contributed by atoms with Crippen molar-refractivity contribution in [3.05, 3.63) is 27.9 Å². The number of rotatable bonds is 3. The first-order valence-electron chi connectivity index (χ1n) is 6.10. The lowest BCUT2D eigenvalue weighted by atomic mass is 10.1. The molecule has 0 amide bonds. The highest BCUT2D eigenvalue weighted by Gasteiger charge is 2.30. The first-order chi connectivity index (χ1) is 8.52. The molecule has 2 heterocycles. The molecule has 1 aromatic rings. The number of nitro groups is 1. The number of nitrogens with zero attached hydrogens (tertiary/aromatic N) is 3. The van der Waals surface area contributed by atoms with Crippen molar-refractivity contribution in [3.8, 4) is 0 Å². The van der Waals surface area contributed by atoms with Crippen LogP contribution in [-0.2, 0) is 0 Å². The SMILES string of the molecule is Cc1cnc(N2CC(CN)CC2C)cc1[N+](=O)[O-]. The molecule has 0 aromatic carbocycles. The van der Waals surface area contributed by atoms with Gasteiger partial charge in [-0.2, -0.15) is 0 Å². The lowest BCUT2D eigenvalue weighted by Gasteiger charge is -2.22. The van der Waals surface area contributed by atoms with Gasteiger partial charge in [0.15, 0.2) is 0 Å². The molecule has 0 spiro atoms. The molecular weight excluding hydrogens is 232 g/mol. The van der Waals surface area contributed by atoms with Crippen LogP contribution < -0.4 is 10.6 Å². The lowest BCUT2D eigenvalue weighted by Crippen LogP contribution is -2.28. The average Bonchev–Trinajstić information content (AvgIpc) is 2.71. The van der Waals surface area contributed by atoms with Crippen LogP contribution in [0.2, 0.25) is 0 Å². The summed E-state index contributed by atoms with van der Waals surface area (Å²) in [5.41, 5.74) is 6.40. The van der Waals surface area contributed by atoms with Crippen molar-refractivity contribution in [3.63, 3.8) is 0 Å². The number of anilines is 1. The van der Waals surface area contributed by atoms with Gasteiger partial charge in [-0.3, -0.25) is 10.1 Å². The van der Waals surface area contributed by atoms with Crippen LogP contribution in [-0.4, -0.2) is 29.0 Å². The highest BCUT2D eigenvalue weighted by Crippen LogP contribution is 2.30. The molecule has 1 saturated heterocycles. The van der Waals surface area contributed by atoms with E-state index in [0.717, 1.165) is 13.0 Å². The minimum absolute atomic E-state index is 0.128. The number of aromatic nitrogens is 1. The van der Waals surface area contributed by atoms with Crippen molar-refractivity contribution in [2.75, 3.05) is 18.0 Å². The Labute approximate surface area is 106 Å². The molecule has 98 valence electrons. The molecule has 6 heteroatoms. The largest absolute Gasteiger partial charge is 0.353 e. The predicted octanol–water partition coefficient (Wildman–Crippen LogP) is 1.47. The summed E-state index contributed by atoms with van der Waals surface area (Å²) in [4.78, 5) is 17.0. The van der Waals surface area contributed by atoms with Crippen molar-refractivity contribution in [2.24, 2.45) is 11.7 Å². The highest BCUT2D eigenvalue weighted by atomic mass is 16.6. The summed E-state index contributed by atoms with van der Waals surface area (Å²) in [6, 6.07) is 1.89. The summed E-state index contributed by atoms with van der Waals surface area (Å²) in [5, 5.41) is 10.9. The molecule has 0 aliphatic carbocycles. The zero-order valence-corrected chi connectivity index (χ0v) is 10.7. The van der Waals surface area contributed by atoms with E-state index in [9.17, 15) is 10.1 Å². The second-order valence-electron chi connectivity index (χ2n) is 4.92. The average molecular weight is 250 g/mol. The van der Waals surface area contributed by atoms with Crippen LogP contribution in [0.25, 0.3) is 0 Å². The van der Waals surface area contributed by atoms with Gasteiger partial charge >= 0.3 is 0 Å². The Bertz CT molecular complexity index is 463. The predicted molar refractivity (Wildman–Crippen MR) is 69.6 cm³/mol. The van der Waals surface area contributed by atoms with E-state index in [2.05, 4.69) is 16.8 Å². The van der Waals surface area contributed by atoms with Crippen LogP contribution in [0.4, 0.5) is 11.5 Å². The Morgan fingerprint density at radius 2 is 2.39 bits per heavy atom. The zero-order valence-electron chi connectivity index (χ0n) is 10.7. The molecule has 2 unspecified atom stereocenters. The van der Waals surface area contributed by atoms with Crippen LogP contribution in [0.5, 0.6) is 0 Å². The molecule has 1 fully saturated rings. The fraction of sp³-hybridized carbons (Fsp3) is 0.583. The van der Waals surface area contributed by atoms with Crippen molar-refractivity contribution in [1.29, 1.82) is 0 Å². The van der Waals surface area contributed by atoms with E-state index in [0.29, 0.717) is 29.9 Å². The van der Waals surface area contributed by atoms with Gasteiger partial charge in [0.05, 0.1) is 11.0 Å². The Morgan fingerprint density at radius 3 is 2.94 bits per heavy atom. The van der Waals surface area contributed by atoms with Gasteiger partial charge in [-0.1, -0.05) is 0 Å². The lowest BCUT2D eigenvalue weighted by molar-refractivity contribution is -0.385. The van der Waals surface area contributed by atoms with E-state index in [1.165, 1.54) is 0 Å². The molecule has 18 heavy (non-hydrogen) atoms. The Morgan fingerprint density at radius 1 is 1.67 bits per heavy atom. The molecule has 2 rings (SSSR count). The minimum Gasteiger partial charge on any atom is -0.353 e. The first-order valence-corrected chi connectivity index (χ1v) is 6.10. The molecule has 2 atom stereocenters. The van der Waals surface area contributed by atoms with Crippen molar-refractivity contribution in [1.82, 2.24) is 4.98 Å². The smallest absolute Gasteiger partial charge is 0.277 e. The Balaban J connectivity index is 2.29. The first kappa shape index (κ1) is 12.8. The molecule has 2 N–H and O–H groups in total. The third-order valence-corrected chi connectivity index (χ3v) is 3.55. The van der Waals surface area contributed by atoms with Gasteiger partial charge in [0.2, 0.25) is 0 Å². The van der Waals surface area contributed by atoms with Gasteiger partial charge < -0.3 is 10.6 Å². The number of pyridine rings is 1. The summed E-state index contributed by atoms with van der Waals surface area (Å²) in [6.45, 7) is 5.27. The van der Waals surface area contributed by atoms with Crippen molar-refractivity contribution >= 4 is 11.5 Å². The minimum atomic E-state index is -0.359. The van der Waals surface area contributed by atoms with E-state index < -0.39 is 0 Å². The van der Waals surface area contributed by atoms with Crippen LogP contribution in [0, 0.1) is 23.0 Å². The van der Waals surface area contributed by atoms with Crippen LogP contribution in [0.1, 0.15) is 18.9 Å². The topological polar surface area (TPSA) is 85.3 Å². The highest BCUT2D eigenvalue weighted by molar-refractivity contribution is 5.51. The summed E-state index contributed by atoms with van der Waals surface area (Å²) >= 11 is 0. The van der Waals surface area contributed by atoms with Gasteiger partial charge in [-0.15, -0.1) is 0 Å². The van der Waals surface area contributed by atoms with Crippen LogP contribution in [0.15, 0.2) is 12.3 Å². The number of aryl methyl sites for hydroxylation is 1. The molecule has 0 radical (unpaired) electrons. The van der Waals surface area contributed by atoms with E-state index in [1.54, 1.807) is 19.2 Å². The van der Waals surface area contributed by atoms with E-state index in [1.807, 2.05) is 0 Å². The summed E-state index contributed by atoms with van der Waals surface area (Å²) in [7, 11) is 0. The molecule has 1 aliphatic heterocycles. The standard InChI is InChI=1S/C12H18N4O2/c1-8-6-14-12(4-11(8)16(17)18)15-7-10(5-13)3-9(15)2/h4,6,9-10H,3,5,7,13H2,1-2H3. The van der Waals surface area contributed by atoms with Crippen molar-refractivity contribution < 1.29 is 4.92 Å². The van der Waals surface area contributed by atoms with Crippen LogP contribution in [0.3, 0.4) is 0 Å². The normalized spacial score (nSPS) is 23.4. The molecule has 0 saturated carbocycles. The monoisotopic (exact) mass is 250 g/mol. The van der Waals surface area contributed by atoms with Gasteiger partial charge in [-0.05, 0) is 32.7 Å². The quantitative estimate of drug-likeness (QED) is 0.648. The number of nitrogens with two attached hydrogens (primary N) is 1. The summed E-state index contributed by atoms with van der Waals surface area (Å²) in [6.07, 6.45) is 2.58. The van der Waals surface area contributed by atoms with Gasteiger partial charge in [0, 0.05) is 24.3 Å². The van der Waals surface area contributed by atoms with E-state index >= 15 is 0 Å². The number of hydrogen-bond acceptors (Lipinski definition) is 5. The third kappa shape index (κ3) is 2.28. The maximum absolute atomic E-state index is 10.9. The molecule has 1 aliphatic rings. The number of hydrogen-bond donors (Lipinski definition) is 1. The second kappa shape index (κ2) is 4.89. The molecular formula is C12H18N4O2. The summed E-state index contributed by atoms with van der Waals surface area (Å²) in [5.74, 6) is 1.12. The maximum atomic E-state index is 10.9. The summed E-state index contributed by atoms with van der Waals surface area (Å²) < 4.78 is 0. The van der Waals surface area contributed by atoms with E-state index in [-0.39, 0.29) is 10.6 Å². The fourth-order valence-corrected chi connectivity index (χ4v) is 2.49. The maximum Gasteiger partial charge on any atom is 0.277 e. The van der Waals surface area contributed by atoms with Crippen LogP contribution >= 0.6 is 0 Å². The fourth-order valence-electron chi connectivity index (χ4n) is 2.49. The zero-order chi connectivity index (χ0) is 13.3. The van der Waals surface area contributed by atoms with Crippen molar-refractivity contribution in [2.45, 2.75) is 26.3 Å². The third-order valence-electron chi connectivity index (χ3n) is 3.55. The molecule has 6 nitrogen and oxygen atoms in total. The Hall–Kier alpha value is -1.69. The van der Waals surface area contributed by atoms with Gasteiger partial charge in [0.1, 0.15) is 5.82 Å². The van der Waals surface area contributed by atoms with Gasteiger partial charge in [0.25, 0.3) is 5.69 Å². The van der Waals surface area contributed by atoms with E-state index in [4.69, 9.17) is 5.73 Å². The Kier molecular flexibility index (Phi) is 3.47. The molecule has 1 aromatic heterocycles.